The van der Waals surface area contributed by atoms with E-state index in [0.717, 1.165) is 31.4 Å². The Morgan fingerprint density at radius 3 is 2.24 bits per heavy atom. The van der Waals surface area contributed by atoms with Gasteiger partial charge in [0.15, 0.2) is 0 Å². The first kappa shape index (κ1) is 27.8. The molecule has 1 aromatic rings. The number of rotatable bonds is 7. The van der Waals surface area contributed by atoms with Gasteiger partial charge in [-0.2, -0.15) is 34.8 Å². The van der Waals surface area contributed by atoms with Crippen molar-refractivity contribution in [1.29, 1.82) is 0 Å². The van der Waals surface area contributed by atoms with Crippen LogP contribution in [0, 0.1) is 17.7 Å². The van der Waals surface area contributed by atoms with Crippen LogP contribution in [0.1, 0.15) is 32.3 Å². The average Bonchev–Trinajstić information content (AvgIpc) is 2.69. The van der Waals surface area contributed by atoms with E-state index in [0.29, 0.717) is 0 Å². The quantitative estimate of drug-likeness (QED) is 0.205. The molecule has 0 bridgehead atoms. The van der Waals surface area contributed by atoms with E-state index < -0.39 is 57.1 Å². The first-order chi connectivity index (χ1) is 15.4. The molecular formula is C21H21F7O5S. The predicted molar refractivity (Wildman–Crippen MR) is 107 cm³/mol. The Morgan fingerprint density at radius 2 is 1.76 bits per heavy atom. The highest BCUT2D eigenvalue weighted by molar-refractivity contribution is 7.87. The number of alkyl halides is 6. The van der Waals surface area contributed by atoms with Gasteiger partial charge in [0.05, 0.1) is 13.0 Å². The van der Waals surface area contributed by atoms with Crippen LogP contribution in [-0.2, 0) is 23.8 Å². The van der Waals surface area contributed by atoms with Gasteiger partial charge in [0, 0.05) is 6.42 Å². The molecule has 0 radical (unpaired) electrons. The molecule has 0 saturated heterocycles. The summed E-state index contributed by atoms with van der Waals surface area (Å²) in [7, 11) is -5.76. The zero-order valence-electron chi connectivity index (χ0n) is 18.1. The van der Waals surface area contributed by atoms with E-state index in [-0.39, 0.29) is 29.6 Å². The zero-order valence-corrected chi connectivity index (χ0v) is 18.9. The molecule has 0 aromatic heterocycles. The molecule has 2 atom stereocenters. The number of ether oxygens (including phenoxy) is 1. The van der Waals surface area contributed by atoms with E-state index in [2.05, 4.69) is 8.92 Å². The second-order valence-corrected chi connectivity index (χ2v) is 9.62. The van der Waals surface area contributed by atoms with Gasteiger partial charge in [-0.25, -0.2) is 8.57 Å². The molecule has 5 nitrogen and oxygen atoms in total. The lowest BCUT2D eigenvalue weighted by Gasteiger charge is -2.37. The Hall–Kier alpha value is -2.41. The number of hydrogen-bond donors (Lipinski definition) is 0. The lowest BCUT2D eigenvalue weighted by molar-refractivity contribution is -0.231. The van der Waals surface area contributed by atoms with Crippen molar-refractivity contribution >= 4 is 21.7 Å². The minimum atomic E-state index is -6.73. The summed E-state index contributed by atoms with van der Waals surface area (Å²) in [6.45, 7) is 3.29. The smallest absolute Gasteiger partial charge is 0.469 e. The summed E-state index contributed by atoms with van der Waals surface area (Å²) in [4.78, 5) is 12.4. The van der Waals surface area contributed by atoms with Crippen LogP contribution in [0.5, 0.6) is 0 Å². The van der Waals surface area contributed by atoms with Crippen molar-refractivity contribution in [3.05, 3.63) is 53.4 Å². The molecule has 34 heavy (non-hydrogen) atoms. The van der Waals surface area contributed by atoms with Gasteiger partial charge >= 0.3 is 27.8 Å². The topological polar surface area (TPSA) is 69.7 Å². The summed E-state index contributed by atoms with van der Waals surface area (Å²) >= 11 is 0. The predicted octanol–water partition coefficient (Wildman–Crippen LogP) is 5.54. The van der Waals surface area contributed by atoms with Crippen LogP contribution in [0.4, 0.5) is 30.7 Å². The number of halogens is 7. The van der Waals surface area contributed by atoms with Gasteiger partial charge in [0.2, 0.25) is 5.60 Å². The monoisotopic (exact) mass is 518 g/mol. The van der Waals surface area contributed by atoms with Crippen molar-refractivity contribution in [2.24, 2.45) is 11.8 Å². The molecule has 0 spiro atoms. The zero-order chi connectivity index (χ0) is 26.1. The number of esters is 1. The molecule has 1 aromatic carbocycles. The number of benzene rings is 1. The van der Waals surface area contributed by atoms with Crippen LogP contribution in [0.3, 0.4) is 0 Å². The molecule has 0 N–H and O–H groups in total. The molecule has 13 heteroatoms. The maximum absolute atomic E-state index is 14.2. The lowest BCUT2D eigenvalue weighted by atomic mass is 9.77. The summed E-state index contributed by atoms with van der Waals surface area (Å²) in [6, 6.07) is 4.10. The van der Waals surface area contributed by atoms with E-state index in [9.17, 15) is 43.9 Å². The molecule has 0 fully saturated rings. The van der Waals surface area contributed by atoms with E-state index >= 15 is 0 Å². The summed E-state index contributed by atoms with van der Waals surface area (Å²) in [5.41, 5.74) is -11.2. The van der Waals surface area contributed by atoms with Crippen LogP contribution < -0.4 is 0 Å². The van der Waals surface area contributed by atoms with Gasteiger partial charge in [0.25, 0.3) is 0 Å². The summed E-state index contributed by atoms with van der Waals surface area (Å²) in [5, 5.41) is 0. The van der Waals surface area contributed by atoms with Crippen molar-refractivity contribution in [2.75, 3.05) is 7.11 Å². The molecule has 1 aliphatic rings. The Bertz CT molecular complexity index is 1090. The van der Waals surface area contributed by atoms with Gasteiger partial charge in [-0.05, 0) is 41.7 Å². The summed E-state index contributed by atoms with van der Waals surface area (Å²) < 4.78 is 127. The van der Waals surface area contributed by atoms with Crippen molar-refractivity contribution in [2.45, 2.75) is 44.0 Å². The summed E-state index contributed by atoms with van der Waals surface area (Å²) in [5.74, 6) is -3.47. The molecule has 2 unspecified atom stereocenters. The number of carbonyl (C=O) groups excluding carboxylic acids is 1. The SMILES string of the molecule is COC(=O)C(CC(C)C)C1=CC(c2cccc(F)c2)=CC(OS(=O)(=O)C(F)(F)F)(C(F)(F)F)C1. The van der Waals surface area contributed by atoms with Gasteiger partial charge in [-0.3, -0.25) is 4.79 Å². The summed E-state index contributed by atoms with van der Waals surface area (Å²) in [6.07, 6.45) is -5.95. The molecule has 0 aliphatic heterocycles. The first-order valence-electron chi connectivity index (χ1n) is 9.78. The minimum absolute atomic E-state index is 0.0606. The molecule has 0 saturated carbocycles. The van der Waals surface area contributed by atoms with Gasteiger partial charge in [0.1, 0.15) is 5.82 Å². The van der Waals surface area contributed by atoms with Crippen molar-refractivity contribution in [3.63, 3.8) is 0 Å². The fourth-order valence-electron chi connectivity index (χ4n) is 3.49. The van der Waals surface area contributed by atoms with E-state index in [1.165, 1.54) is 6.07 Å². The number of hydrogen-bond acceptors (Lipinski definition) is 5. The molecule has 190 valence electrons. The standard InChI is InChI=1S/C21H21F7O5S/c1-12(2)7-17(18(29)32-3)15-8-14(13-5-4-6-16(22)9-13)10-19(11-15,20(23,24)25)33-34(30,31)21(26,27)28/h4-6,8-10,12,17H,7,11H2,1-3H3. The van der Waals surface area contributed by atoms with Crippen LogP contribution >= 0.6 is 0 Å². The van der Waals surface area contributed by atoms with E-state index in [1.807, 2.05) is 0 Å². The Kier molecular flexibility index (Phi) is 7.93. The molecule has 0 amide bonds. The molecule has 1 aliphatic carbocycles. The second kappa shape index (κ2) is 9.68. The third kappa shape index (κ3) is 5.98. The van der Waals surface area contributed by atoms with Crippen molar-refractivity contribution < 1.29 is 52.9 Å². The second-order valence-electron chi connectivity index (χ2n) is 8.08. The Balaban J connectivity index is 2.82. The number of carbonyl (C=O) groups is 1. The Labute approximate surface area is 191 Å². The van der Waals surface area contributed by atoms with Crippen LogP contribution in [0.2, 0.25) is 0 Å². The maximum Gasteiger partial charge on any atom is 0.523 e. The lowest BCUT2D eigenvalue weighted by Crippen LogP contribution is -2.51. The molecule has 2 rings (SSSR count). The van der Waals surface area contributed by atoms with Crippen molar-refractivity contribution in [1.82, 2.24) is 0 Å². The van der Waals surface area contributed by atoms with E-state index in [4.69, 9.17) is 0 Å². The molecule has 0 heterocycles. The fraction of sp³-hybridized carbons (Fsp3) is 0.476. The maximum atomic E-state index is 14.2. The van der Waals surface area contributed by atoms with Gasteiger partial charge in [-0.15, -0.1) is 0 Å². The van der Waals surface area contributed by atoms with Crippen molar-refractivity contribution in [3.8, 4) is 0 Å². The normalized spacial score (nSPS) is 20.6. The number of methoxy groups -OCH3 is 1. The third-order valence-electron chi connectivity index (χ3n) is 5.02. The third-order valence-corrected chi connectivity index (χ3v) is 6.10. The van der Waals surface area contributed by atoms with Crippen LogP contribution in [-0.4, -0.2) is 38.8 Å². The van der Waals surface area contributed by atoms with Gasteiger partial charge < -0.3 is 4.74 Å². The minimum Gasteiger partial charge on any atom is -0.469 e. The molecular weight excluding hydrogens is 497 g/mol. The highest BCUT2D eigenvalue weighted by Gasteiger charge is 2.63. The average molecular weight is 518 g/mol. The Morgan fingerprint density at radius 1 is 1.15 bits per heavy atom. The van der Waals surface area contributed by atoms with E-state index in [1.54, 1.807) is 13.8 Å². The first-order valence-corrected chi connectivity index (χ1v) is 11.2. The fourth-order valence-corrected chi connectivity index (χ4v) is 4.18. The van der Waals surface area contributed by atoms with Gasteiger partial charge in [-0.1, -0.05) is 37.6 Å². The largest absolute Gasteiger partial charge is 0.523 e. The van der Waals surface area contributed by atoms with Crippen LogP contribution in [0.25, 0.3) is 5.57 Å². The van der Waals surface area contributed by atoms with Crippen LogP contribution in [0.15, 0.2) is 42.0 Å². The number of allylic oxidation sites excluding steroid dienone is 2. The highest BCUT2D eigenvalue weighted by Crippen LogP contribution is 2.49. The highest BCUT2D eigenvalue weighted by atomic mass is 32.2.